The minimum absolute atomic E-state index is 0.273. The Morgan fingerprint density at radius 2 is 1.93 bits per heavy atom. The van der Waals surface area contributed by atoms with Gasteiger partial charge in [0.15, 0.2) is 0 Å². The van der Waals surface area contributed by atoms with Gasteiger partial charge in [-0.3, -0.25) is 4.21 Å². The summed E-state index contributed by atoms with van der Waals surface area (Å²) in [6.45, 7) is 1.42. The Morgan fingerprint density at radius 3 is 2.40 bits per heavy atom. The normalized spacial score (nSPS) is 12.8. The molecule has 5 heteroatoms. The van der Waals surface area contributed by atoms with Gasteiger partial charge in [-0.25, -0.2) is 0 Å². The lowest BCUT2D eigenvalue weighted by Gasteiger charge is -2.11. The highest BCUT2D eigenvalue weighted by molar-refractivity contribution is 7.79. The van der Waals surface area contributed by atoms with Gasteiger partial charge >= 0.3 is 0 Å². The van der Waals surface area contributed by atoms with Gasteiger partial charge in [-0.1, -0.05) is 0 Å². The second-order valence-electron chi connectivity index (χ2n) is 3.36. The van der Waals surface area contributed by atoms with Crippen molar-refractivity contribution in [2.45, 2.75) is 4.90 Å². The van der Waals surface area contributed by atoms with E-state index in [0.29, 0.717) is 12.4 Å². The fourth-order valence-electron chi connectivity index (χ4n) is 0.993. The number of hydrogen-bond donors (Lipinski definition) is 0. The molecule has 0 aromatic heterocycles. The molecule has 4 nitrogen and oxygen atoms in total. The van der Waals surface area contributed by atoms with Crippen LogP contribution in [0.1, 0.15) is 0 Å². The summed E-state index contributed by atoms with van der Waals surface area (Å²) in [5, 5.41) is 0. The van der Waals surface area contributed by atoms with Gasteiger partial charge in [0.25, 0.3) is 0 Å². The average molecular weight is 228 g/mol. The number of nitrogens with zero attached hydrogens (tertiary/aromatic N) is 1. The van der Waals surface area contributed by atoms with Gasteiger partial charge in [-0.05, 0) is 49.4 Å². The maximum Gasteiger partial charge on any atom is 0.119 e. The fraction of sp³-hybridized carbons (Fsp3) is 0.400. The molecule has 1 aromatic rings. The Hall–Kier alpha value is -0.910. The van der Waals surface area contributed by atoms with Crippen molar-refractivity contribution in [1.82, 2.24) is 4.90 Å². The van der Waals surface area contributed by atoms with Crippen LogP contribution in [0.25, 0.3) is 0 Å². The molecule has 1 rings (SSSR count). The smallest absolute Gasteiger partial charge is 0.119 e. The van der Waals surface area contributed by atoms with Crippen LogP contribution in [0.3, 0.4) is 0 Å². The molecule has 84 valence electrons. The highest BCUT2D eigenvalue weighted by Crippen LogP contribution is 2.13. The Balaban J connectivity index is 2.46. The topological polar surface area (TPSA) is 52.6 Å². The van der Waals surface area contributed by atoms with E-state index in [-0.39, 0.29) is 4.90 Å². The van der Waals surface area contributed by atoms with Crippen LogP contribution in [0.15, 0.2) is 29.2 Å². The Morgan fingerprint density at radius 1 is 1.33 bits per heavy atom. The van der Waals surface area contributed by atoms with Crippen LogP contribution >= 0.6 is 0 Å². The van der Waals surface area contributed by atoms with Crippen molar-refractivity contribution in [2.75, 3.05) is 27.2 Å². The fourth-order valence-corrected chi connectivity index (χ4v) is 1.35. The third-order valence-corrected chi connectivity index (χ3v) is 2.48. The van der Waals surface area contributed by atoms with E-state index in [0.717, 1.165) is 6.54 Å². The molecule has 0 spiro atoms. The molecule has 0 saturated heterocycles. The van der Waals surface area contributed by atoms with Gasteiger partial charge in [0.2, 0.25) is 0 Å². The zero-order chi connectivity index (χ0) is 11.3. The van der Waals surface area contributed by atoms with Crippen molar-refractivity contribution < 1.29 is 13.5 Å². The van der Waals surface area contributed by atoms with Crippen LogP contribution in [0.2, 0.25) is 0 Å². The quantitative estimate of drug-likeness (QED) is 0.702. The van der Waals surface area contributed by atoms with E-state index in [4.69, 9.17) is 4.74 Å². The zero-order valence-electron chi connectivity index (χ0n) is 8.80. The van der Waals surface area contributed by atoms with Gasteiger partial charge in [0, 0.05) is 11.4 Å². The first-order chi connectivity index (χ1) is 7.09. The highest BCUT2D eigenvalue weighted by Gasteiger charge is 1.96. The summed E-state index contributed by atoms with van der Waals surface area (Å²) in [5.41, 5.74) is 0. The van der Waals surface area contributed by atoms with Crippen LogP contribution < -0.4 is 4.74 Å². The third-order valence-electron chi connectivity index (χ3n) is 1.82. The van der Waals surface area contributed by atoms with E-state index in [1.54, 1.807) is 12.1 Å². The number of likely N-dealkylation sites (N-methyl/N-ethyl adjacent to an activating group) is 1. The van der Waals surface area contributed by atoms with Gasteiger partial charge < -0.3 is 14.2 Å². The first kappa shape index (κ1) is 12.2. The predicted molar refractivity (Wildman–Crippen MR) is 57.7 cm³/mol. The molecule has 0 bridgehead atoms. The second-order valence-corrected chi connectivity index (χ2v) is 4.30. The van der Waals surface area contributed by atoms with Crippen LogP contribution in [0, 0.1) is 0 Å². The molecule has 1 unspecified atom stereocenters. The minimum Gasteiger partial charge on any atom is -0.768 e. The molecule has 0 saturated carbocycles. The van der Waals surface area contributed by atoms with Crippen molar-refractivity contribution in [2.24, 2.45) is 0 Å². The molecule has 0 aliphatic rings. The molecular formula is C10H14NO3S-. The van der Waals surface area contributed by atoms with E-state index in [9.17, 15) is 8.76 Å². The monoisotopic (exact) mass is 228 g/mol. The predicted octanol–water partition coefficient (Wildman–Crippen LogP) is 0.865. The first-order valence-electron chi connectivity index (χ1n) is 4.56. The maximum atomic E-state index is 10.6. The third kappa shape index (κ3) is 4.42. The molecule has 1 aromatic carbocycles. The number of hydrogen-bond acceptors (Lipinski definition) is 4. The molecule has 0 heterocycles. The van der Waals surface area contributed by atoms with E-state index in [1.807, 2.05) is 19.0 Å². The largest absolute Gasteiger partial charge is 0.768 e. The van der Waals surface area contributed by atoms with Crippen molar-refractivity contribution in [3.63, 3.8) is 0 Å². The summed E-state index contributed by atoms with van der Waals surface area (Å²) in [5.74, 6) is 0.686. The summed E-state index contributed by atoms with van der Waals surface area (Å²) in [6, 6.07) is 6.35. The summed E-state index contributed by atoms with van der Waals surface area (Å²) in [7, 11) is 3.93. The molecule has 1 atom stereocenters. The van der Waals surface area contributed by atoms with Gasteiger partial charge in [0.05, 0.1) is 0 Å². The van der Waals surface area contributed by atoms with Crippen LogP contribution in [0.5, 0.6) is 5.75 Å². The second kappa shape index (κ2) is 5.85. The maximum absolute atomic E-state index is 10.6. The highest BCUT2D eigenvalue weighted by atomic mass is 32.2. The van der Waals surface area contributed by atoms with Crippen LogP contribution in [-0.2, 0) is 11.1 Å². The van der Waals surface area contributed by atoms with Crippen LogP contribution in [-0.4, -0.2) is 40.9 Å². The van der Waals surface area contributed by atoms with E-state index < -0.39 is 11.1 Å². The summed E-state index contributed by atoms with van der Waals surface area (Å²) >= 11 is -2.16. The number of benzene rings is 1. The lowest BCUT2D eigenvalue weighted by atomic mass is 10.3. The first-order valence-corrected chi connectivity index (χ1v) is 5.64. The van der Waals surface area contributed by atoms with E-state index in [2.05, 4.69) is 0 Å². The lowest BCUT2D eigenvalue weighted by Crippen LogP contribution is -2.19. The molecule has 0 aliphatic carbocycles. The van der Waals surface area contributed by atoms with Crippen molar-refractivity contribution in [3.05, 3.63) is 24.3 Å². The molecule has 15 heavy (non-hydrogen) atoms. The lowest BCUT2D eigenvalue weighted by molar-refractivity contribution is 0.261. The Bertz CT molecular complexity index is 324. The molecule has 0 amide bonds. The summed E-state index contributed by atoms with van der Waals surface area (Å²) < 4.78 is 26.5. The number of rotatable bonds is 5. The molecule has 0 aliphatic heterocycles. The van der Waals surface area contributed by atoms with Gasteiger partial charge in [-0.15, -0.1) is 0 Å². The van der Waals surface area contributed by atoms with Crippen molar-refractivity contribution in [3.8, 4) is 5.75 Å². The number of ether oxygens (including phenoxy) is 1. The average Bonchev–Trinajstić information content (AvgIpc) is 2.18. The standard InChI is InChI=1S/C10H15NO3S/c1-11(2)7-8-14-9-3-5-10(6-4-9)15(12)13/h3-6H,7-8H2,1-2H3,(H,12,13)/p-1. The molecule has 0 radical (unpaired) electrons. The van der Waals surface area contributed by atoms with E-state index >= 15 is 0 Å². The SMILES string of the molecule is CN(C)CCOc1ccc(S(=O)[O-])cc1. The van der Waals surface area contributed by atoms with Gasteiger partial charge in [-0.2, -0.15) is 0 Å². The molecule has 0 N–H and O–H groups in total. The van der Waals surface area contributed by atoms with E-state index in [1.165, 1.54) is 12.1 Å². The van der Waals surface area contributed by atoms with Crippen LogP contribution in [0.4, 0.5) is 0 Å². The molecular weight excluding hydrogens is 214 g/mol. The Kier molecular flexibility index (Phi) is 4.74. The van der Waals surface area contributed by atoms with Gasteiger partial charge in [0.1, 0.15) is 12.4 Å². The Labute approximate surface area is 92.1 Å². The zero-order valence-corrected chi connectivity index (χ0v) is 9.62. The minimum atomic E-state index is -2.16. The molecule has 0 fully saturated rings. The summed E-state index contributed by atoms with van der Waals surface area (Å²) in [4.78, 5) is 2.29. The summed E-state index contributed by atoms with van der Waals surface area (Å²) in [6.07, 6.45) is 0. The van der Waals surface area contributed by atoms with Crippen molar-refractivity contribution in [1.29, 1.82) is 0 Å². The van der Waals surface area contributed by atoms with Crippen molar-refractivity contribution >= 4 is 11.1 Å².